The van der Waals surface area contributed by atoms with Gasteiger partial charge >= 0.3 is 0 Å². The molecule has 0 aromatic heterocycles. The molecule has 1 aliphatic heterocycles. The maximum atomic E-state index is 13.7. The molecule has 2 aliphatic rings. The third-order valence-electron chi connectivity index (χ3n) is 6.63. The number of hydrazine groups is 1. The second kappa shape index (κ2) is 9.68. The van der Waals surface area contributed by atoms with E-state index in [-0.39, 0.29) is 15.6 Å². The standard InChI is InChI=1S/C25H23Cl3N2O4/c1-13-3-9-18-19(11-13)25(34)30(24(18)33)29(23(32)16-6-10-20(27)21(28)12-16)14(2)22(31)15-4-7-17(26)8-5-15/h4-8,10,12-14,18-19H,3,9,11H2,1-2H3/t13-,14+,18+,19+/m1/s1. The summed E-state index contributed by atoms with van der Waals surface area (Å²) < 4.78 is 0. The lowest BCUT2D eigenvalue weighted by atomic mass is 9.76. The van der Waals surface area contributed by atoms with Crippen molar-refractivity contribution < 1.29 is 19.2 Å². The molecule has 1 saturated heterocycles. The van der Waals surface area contributed by atoms with Crippen molar-refractivity contribution in [3.05, 3.63) is 68.7 Å². The Balaban J connectivity index is 1.76. The number of amides is 3. The van der Waals surface area contributed by atoms with Crippen LogP contribution >= 0.6 is 34.8 Å². The van der Waals surface area contributed by atoms with Gasteiger partial charge < -0.3 is 0 Å². The highest BCUT2D eigenvalue weighted by molar-refractivity contribution is 6.42. The number of hydrogen-bond donors (Lipinski definition) is 0. The number of imide groups is 1. The molecule has 1 saturated carbocycles. The van der Waals surface area contributed by atoms with E-state index in [0.29, 0.717) is 29.3 Å². The molecule has 2 aromatic carbocycles. The van der Waals surface area contributed by atoms with E-state index in [4.69, 9.17) is 34.8 Å². The Hall–Kier alpha value is -2.41. The Morgan fingerprint density at radius 1 is 0.912 bits per heavy atom. The second-order valence-electron chi connectivity index (χ2n) is 8.95. The highest BCUT2D eigenvalue weighted by Gasteiger charge is 2.54. The SMILES string of the molecule is C[C@@H]1CC[C@@H]2C(=O)N(N(C(=O)c3ccc(Cl)c(Cl)c3)[C@@H](C)C(=O)c3ccc(Cl)cc3)C(=O)[C@H]2C1. The molecule has 0 spiro atoms. The molecule has 0 radical (unpaired) electrons. The predicted octanol–water partition coefficient (Wildman–Crippen LogP) is 5.70. The van der Waals surface area contributed by atoms with Gasteiger partial charge in [-0.3, -0.25) is 19.2 Å². The molecule has 1 heterocycles. The van der Waals surface area contributed by atoms with E-state index < -0.39 is 41.4 Å². The number of ketones is 1. The van der Waals surface area contributed by atoms with Crippen LogP contribution in [0.2, 0.25) is 15.1 Å². The van der Waals surface area contributed by atoms with Crippen molar-refractivity contribution in [2.45, 2.75) is 39.2 Å². The van der Waals surface area contributed by atoms with Gasteiger partial charge in [-0.05, 0) is 74.6 Å². The Bertz CT molecular complexity index is 1170. The molecular formula is C25H23Cl3N2O4. The third kappa shape index (κ3) is 4.47. The van der Waals surface area contributed by atoms with Gasteiger partial charge in [-0.1, -0.05) is 41.7 Å². The molecule has 6 nitrogen and oxygen atoms in total. The van der Waals surface area contributed by atoms with Gasteiger partial charge in [-0.2, -0.15) is 5.01 Å². The molecule has 2 fully saturated rings. The molecular weight excluding hydrogens is 499 g/mol. The fourth-order valence-electron chi connectivity index (χ4n) is 4.75. The van der Waals surface area contributed by atoms with Crippen LogP contribution in [-0.4, -0.2) is 39.6 Å². The molecule has 34 heavy (non-hydrogen) atoms. The van der Waals surface area contributed by atoms with Gasteiger partial charge in [-0.25, -0.2) is 5.01 Å². The summed E-state index contributed by atoms with van der Waals surface area (Å²) in [6, 6.07) is 9.33. The normalized spacial score (nSPS) is 23.0. The number of nitrogens with zero attached hydrogens (tertiary/aromatic N) is 2. The van der Waals surface area contributed by atoms with Crippen LogP contribution < -0.4 is 0 Å². The van der Waals surface area contributed by atoms with Crippen LogP contribution in [0.4, 0.5) is 0 Å². The van der Waals surface area contributed by atoms with Crippen LogP contribution in [0.5, 0.6) is 0 Å². The van der Waals surface area contributed by atoms with Gasteiger partial charge in [0.15, 0.2) is 5.78 Å². The minimum absolute atomic E-state index is 0.106. The minimum atomic E-state index is -1.14. The smallest absolute Gasteiger partial charge is 0.273 e. The zero-order valence-corrected chi connectivity index (χ0v) is 20.9. The lowest BCUT2D eigenvalue weighted by Crippen LogP contribution is -2.56. The number of carbonyl (C=O) groups is 4. The first-order valence-corrected chi connectivity index (χ1v) is 12.2. The largest absolute Gasteiger partial charge is 0.292 e. The summed E-state index contributed by atoms with van der Waals surface area (Å²) in [7, 11) is 0. The monoisotopic (exact) mass is 520 g/mol. The molecule has 1 aliphatic carbocycles. The van der Waals surface area contributed by atoms with Gasteiger partial charge in [0.05, 0.1) is 21.9 Å². The summed E-state index contributed by atoms with van der Waals surface area (Å²) in [5.41, 5.74) is 0.406. The molecule has 178 valence electrons. The van der Waals surface area contributed by atoms with Gasteiger partial charge in [0.1, 0.15) is 6.04 Å². The number of halogens is 3. The van der Waals surface area contributed by atoms with Gasteiger partial charge in [-0.15, -0.1) is 0 Å². The maximum absolute atomic E-state index is 13.7. The first-order chi connectivity index (χ1) is 16.1. The van der Waals surface area contributed by atoms with Crippen molar-refractivity contribution >= 4 is 58.3 Å². The third-order valence-corrected chi connectivity index (χ3v) is 7.62. The van der Waals surface area contributed by atoms with Crippen LogP contribution in [0.1, 0.15) is 53.8 Å². The summed E-state index contributed by atoms with van der Waals surface area (Å²) >= 11 is 18.1. The minimum Gasteiger partial charge on any atom is -0.292 e. The summed E-state index contributed by atoms with van der Waals surface area (Å²) in [4.78, 5) is 53.9. The first kappa shape index (κ1) is 24.7. The Morgan fingerprint density at radius 2 is 1.53 bits per heavy atom. The van der Waals surface area contributed by atoms with Crippen LogP contribution in [0.25, 0.3) is 0 Å². The Labute approximate surface area is 212 Å². The topological polar surface area (TPSA) is 74.8 Å². The van der Waals surface area contributed by atoms with Crippen molar-refractivity contribution in [2.24, 2.45) is 17.8 Å². The van der Waals surface area contributed by atoms with Crippen molar-refractivity contribution in [2.75, 3.05) is 0 Å². The average molecular weight is 522 g/mol. The fourth-order valence-corrected chi connectivity index (χ4v) is 5.18. The summed E-state index contributed by atoms with van der Waals surface area (Å²) in [6.07, 6.45) is 1.97. The van der Waals surface area contributed by atoms with Crippen LogP contribution in [-0.2, 0) is 9.59 Å². The molecule has 0 N–H and O–H groups in total. The fraction of sp³-hybridized carbons (Fsp3) is 0.360. The van der Waals surface area contributed by atoms with E-state index in [2.05, 4.69) is 0 Å². The molecule has 0 bridgehead atoms. The highest BCUT2D eigenvalue weighted by Crippen LogP contribution is 2.42. The number of Topliss-reactive ketones (excluding diaryl/α,β-unsaturated/α-hetero) is 1. The van der Waals surface area contributed by atoms with Gasteiger partial charge in [0, 0.05) is 16.1 Å². The van der Waals surface area contributed by atoms with Crippen LogP contribution in [0.15, 0.2) is 42.5 Å². The Kier molecular flexibility index (Phi) is 7.04. The quantitative estimate of drug-likeness (QED) is 0.374. The number of carbonyl (C=O) groups excluding carboxylic acids is 4. The van der Waals surface area contributed by atoms with Crippen molar-refractivity contribution in [3.63, 3.8) is 0 Å². The lowest BCUT2D eigenvalue weighted by molar-refractivity contribution is -0.156. The zero-order chi connectivity index (χ0) is 24.7. The lowest BCUT2D eigenvalue weighted by Gasteiger charge is -2.34. The molecule has 0 unspecified atom stereocenters. The highest BCUT2D eigenvalue weighted by atomic mass is 35.5. The summed E-state index contributed by atoms with van der Waals surface area (Å²) in [5, 5.41) is 2.71. The Morgan fingerprint density at radius 3 is 2.18 bits per heavy atom. The van der Waals surface area contributed by atoms with Crippen molar-refractivity contribution in [1.29, 1.82) is 0 Å². The molecule has 4 rings (SSSR count). The van der Waals surface area contributed by atoms with Crippen LogP contribution in [0, 0.1) is 17.8 Å². The molecule has 3 amide bonds. The molecule has 9 heteroatoms. The van der Waals surface area contributed by atoms with Crippen molar-refractivity contribution in [1.82, 2.24) is 10.0 Å². The van der Waals surface area contributed by atoms with Gasteiger partial charge in [0.2, 0.25) is 0 Å². The number of fused-ring (bicyclic) bond motifs is 1. The zero-order valence-electron chi connectivity index (χ0n) is 18.6. The summed E-state index contributed by atoms with van der Waals surface area (Å²) in [6.45, 7) is 3.54. The van der Waals surface area contributed by atoms with E-state index in [1.807, 2.05) is 6.92 Å². The number of rotatable bonds is 5. The first-order valence-electron chi connectivity index (χ1n) is 11.1. The number of hydrogen-bond acceptors (Lipinski definition) is 4. The van der Waals surface area contributed by atoms with Crippen molar-refractivity contribution in [3.8, 4) is 0 Å². The van der Waals surface area contributed by atoms with E-state index in [0.717, 1.165) is 16.4 Å². The van der Waals surface area contributed by atoms with E-state index in [1.165, 1.54) is 37.3 Å². The van der Waals surface area contributed by atoms with E-state index in [1.54, 1.807) is 12.1 Å². The molecule has 4 atom stereocenters. The number of benzene rings is 2. The summed E-state index contributed by atoms with van der Waals surface area (Å²) in [5.74, 6) is -2.73. The van der Waals surface area contributed by atoms with Gasteiger partial charge in [0.25, 0.3) is 17.7 Å². The predicted molar refractivity (Wildman–Crippen MR) is 130 cm³/mol. The van der Waals surface area contributed by atoms with E-state index in [9.17, 15) is 19.2 Å². The second-order valence-corrected chi connectivity index (χ2v) is 10.2. The average Bonchev–Trinajstić information content (AvgIpc) is 3.05. The maximum Gasteiger partial charge on any atom is 0.273 e. The van der Waals surface area contributed by atoms with Crippen LogP contribution in [0.3, 0.4) is 0 Å². The van der Waals surface area contributed by atoms with E-state index >= 15 is 0 Å². The molecule has 2 aromatic rings.